The fraction of sp³-hybridized carbons (Fsp3) is 0.231. The van der Waals surface area contributed by atoms with Crippen molar-refractivity contribution < 1.29 is 4.74 Å². The highest BCUT2D eigenvalue weighted by Crippen LogP contribution is 2.22. The molecule has 0 aliphatic heterocycles. The third-order valence-corrected chi connectivity index (χ3v) is 2.74. The molecule has 0 amide bonds. The predicted octanol–water partition coefficient (Wildman–Crippen LogP) is 1.72. The van der Waals surface area contributed by atoms with Crippen molar-refractivity contribution in [2.75, 3.05) is 30.5 Å². The third kappa shape index (κ3) is 3.04. The van der Waals surface area contributed by atoms with E-state index in [1.807, 2.05) is 24.3 Å². The molecule has 2 rings (SSSR count). The van der Waals surface area contributed by atoms with Gasteiger partial charge >= 0.3 is 0 Å². The SMILES string of the molecule is CNc1ncnc(NCc2ccc(OC)cc2)c1N. The molecule has 6 heteroatoms. The largest absolute Gasteiger partial charge is 0.497 e. The predicted molar refractivity (Wildman–Crippen MR) is 76.3 cm³/mol. The molecule has 0 aliphatic carbocycles. The number of hydrogen-bond donors (Lipinski definition) is 3. The number of benzene rings is 1. The van der Waals surface area contributed by atoms with Crippen LogP contribution in [-0.2, 0) is 6.54 Å². The Balaban J connectivity index is 2.05. The minimum Gasteiger partial charge on any atom is -0.497 e. The highest BCUT2D eigenvalue weighted by Gasteiger charge is 2.06. The fourth-order valence-corrected chi connectivity index (χ4v) is 1.66. The zero-order valence-corrected chi connectivity index (χ0v) is 11.0. The Bertz CT molecular complexity index is 541. The minimum atomic E-state index is 0.513. The average Bonchev–Trinajstić information content (AvgIpc) is 2.47. The summed E-state index contributed by atoms with van der Waals surface area (Å²) in [6.07, 6.45) is 1.47. The van der Waals surface area contributed by atoms with Crippen LogP contribution in [0.25, 0.3) is 0 Å². The Morgan fingerprint density at radius 1 is 1.16 bits per heavy atom. The molecule has 0 fully saturated rings. The van der Waals surface area contributed by atoms with Crippen LogP contribution in [0.15, 0.2) is 30.6 Å². The van der Waals surface area contributed by atoms with Gasteiger partial charge in [-0.3, -0.25) is 0 Å². The van der Waals surface area contributed by atoms with E-state index in [-0.39, 0.29) is 0 Å². The van der Waals surface area contributed by atoms with Gasteiger partial charge in [0.25, 0.3) is 0 Å². The molecular weight excluding hydrogens is 242 g/mol. The van der Waals surface area contributed by atoms with Crippen molar-refractivity contribution in [3.05, 3.63) is 36.2 Å². The van der Waals surface area contributed by atoms with Gasteiger partial charge in [0.05, 0.1) is 7.11 Å². The Hall–Kier alpha value is -2.50. The van der Waals surface area contributed by atoms with Crippen molar-refractivity contribution in [1.82, 2.24) is 9.97 Å². The molecule has 4 N–H and O–H groups in total. The maximum atomic E-state index is 5.93. The number of nitrogens with one attached hydrogen (secondary N) is 2. The zero-order valence-electron chi connectivity index (χ0n) is 11.0. The summed E-state index contributed by atoms with van der Waals surface area (Å²) in [5.74, 6) is 2.07. The number of methoxy groups -OCH3 is 1. The molecule has 0 aliphatic rings. The van der Waals surface area contributed by atoms with Gasteiger partial charge in [0.2, 0.25) is 0 Å². The van der Waals surface area contributed by atoms with E-state index in [4.69, 9.17) is 10.5 Å². The fourth-order valence-electron chi connectivity index (χ4n) is 1.66. The van der Waals surface area contributed by atoms with E-state index in [2.05, 4.69) is 20.6 Å². The maximum absolute atomic E-state index is 5.93. The van der Waals surface area contributed by atoms with Gasteiger partial charge in [-0.2, -0.15) is 0 Å². The Morgan fingerprint density at radius 2 is 1.84 bits per heavy atom. The highest BCUT2D eigenvalue weighted by molar-refractivity contribution is 5.73. The number of rotatable bonds is 5. The number of ether oxygens (including phenoxy) is 1. The molecule has 0 saturated heterocycles. The van der Waals surface area contributed by atoms with E-state index in [1.54, 1.807) is 14.2 Å². The monoisotopic (exact) mass is 259 g/mol. The Kier molecular flexibility index (Phi) is 4.02. The van der Waals surface area contributed by atoms with E-state index in [0.717, 1.165) is 11.3 Å². The number of nitrogens with two attached hydrogens (primary N) is 1. The van der Waals surface area contributed by atoms with Crippen molar-refractivity contribution in [2.24, 2.45) is 0 Å². The highest BCUT2D eigenvalue weighted by atomic mass is 16.5. The number of hydrogen-bond acceptors (Lipinski definition) is 6. The van der Waals surface area contributed by atoms with E-state index < -0.39 is 0 Å². The van der Waals surface area contributed by atoms with Crippen LogP contribution in [0, 0.1) is 0 Å². The summed E-state index contributed by atoms with van der Waals surface area (Å²) in [7, 11) is 3.42. The van der Waals surface area contributed by atoms with Gasteiger partial charge in [-0.25, -0.2) is 9.97 Å². The lowest BCUT2D eigenvalue weighted by molar-refractivity contribution is 0.414. The summed E-state index contributed by atoms with van der Waals surface area (Å²) in [6.45, 7) is 0.633. The van der Waals surface area contributed by atoms with Gasteiger partial charge in [-0.1, -0.05) is 12.1 Å². The minimum absolute atomic E-state index is 0.513. The van der Waals surface area contributed by atoms with Gasteiger partial charge < -0.3 is 21.1 Å². The van der Waals surface area contributed by atoms with Crippen molar-refractivity contribution >= 4 is 17.3 Å². The second-order valence-corrected chi connectivity index (χ2v) is 3.94. The molecule has 0 radical (unpaired) electrons. The van der Waals surface area contributed by atoms with Crippen LogP contribution in [0.2, 0.25) is 0 Å². The quantitative estimate of drug-likeness (QED) is 0.758. The first-order chi connectivity index (χ1) is 9.24. The summed E-state index contributed by atoms with van der Waals surface area (Å²) < 4.78 is 5.11. The number of anilines is 3. The molecule has 0 bridgehead atoms. The number of nitrogen functional groups attached to an aromatic ring is 1. The molecular formula is C13H17N5O. The summed E-state index contributed by atoms with van der Waals surface area (Å²) in [5.41, 5.74) is 7.56. The summed E-state index contributed by atoms with van der Waals surface area (Å²) in [4.78, 5) is 8.16. The lowest BCUT2D eigenvalue weighted by Gasteiger charge is -2.10. The van der Waals surface area contributed by atoms with Gasteiger partial charge in [0.15, 0.2) is 11.6 Å². The lowest BCUT2D eigenvalue weighted by atomic mass is 10.2. The van der Waals surface area contributed by atoms with Crippen LogP contribution in [0.5, 0.6) is 5.75 Å². The molecule has 0 atom stereocenters. The second kappa shape index (κ2) is 5.90. The first-order valence-electron chi connectivity index (χ1n) is 5.89. The molecule has 6 nitrogen and oxygen atoms in total. The van der Waals surface area contributed by atoms with Crippen molar-refractivity contribution in [1.29, 1.82) is 0 Å². The molecule has 100 valence electrons. The maximum Gasteiger partial charge on any atom is 0.155 e. The smallest absolute Gasteiger partial charge is 0.155 e. The standard InChI is InChI=1S/C13H17N5O/c1-15-12-11(14)13(18-8-17-12)16-7-9-3-5-10(19-2)6-4-9/h3-6,8H,7,14H2,1-2H3,(H2,15,16,17,18). The Labute approximate surface area is 112 Å². The van der Waals surface area contributed by atoms with Crippen molar-refractivity contribution in [3.63, 3.8) is 0 Å². The van der Waals surface area contributed by atoms with Crippen LogP contribution in [0.3, 0.4) is 0 Å². The van der Waals surface area contributed by atoms with Gasteiger partial charge in [0, 0.05) is 13.6 Å². The first kappa shape index (κ1) is 12.9. The van der Waals surface area contributed by atoms with Crippen LogP contribution in [0.4, 0.5) is 17.3 Å². The summed E-state index contributed by atoms with van der Waals surface area (Å²) >= 11 is 0. The first-order valence-corrected chi connectivity index (χ1v) is 5.89. The van der Waals surface area contributed by atoms with E-state index in [1.165, 1.54) is 6.33 Å². The Morgan fingerprint density at radius 3 is 2.47 bits per heavy atom. The van der Waals surface area contributed by atoms with Crippen LogP contribution < -0.4 is 21.1 Å². The molecule has 0 unspecified atom stereocenters. The van der Waals surface area contributed by atoms with Gasteiger partial charge in [-0.15, -0.1) is 0 Å². The van der Waals surface area contributed by atoms with E-state index in [0.29, 0.717) is 23.9 Å². The molecule has 0 spiro atoms. The van der Waals surface area contributed by atoms with Crippen LogP contribution in [-0.4, -0.2) is 24.1 Å². The number of aromatic nitrogens is 2. The van der Waals surface area contributed by atoms with E-state index in [9.17, 15) is 0 Å². The normalized spacial score (nSPS) is 10.0. The molecule has 0 saturated carbocycles. The molecule has 2 aromatic rings. The summed E-state index contributed by atoms with van der Waals surface area (Å²) in [5, 5.41) is 6.10. The number of nitrogens with zero attached hydrogens (tertiary/aromatic N) is 2. The third-order valence-electron chi connectivity index (χ3n) is 2.74. The van der Waals surface area contributed by atoms with E-state index >= 15 is 0 Å². The van der Waals surface area contributed by atoms with Crippen LogP contribution in [0.1, 0.15) is 5.56 Å². The topological polar surface area (TPSA) is 85.1 Å². The molecule has 1 heterocycles. The lowest BCUT2D eigenvalue weighted by Crippen LogP contribution is -2.08. The zero-order chi connectivity index (χ0) is 13.7. The summed E-state index contributed by atoms with van der Waals surface area (Å²) in [6, 6.07) is 7.81. The molecule has 19 heavy (non-hydrogen) atoms. The van der Waals surface area contributed by atoms with Crippen molar-refractivity contribution in [3.8, 4) is 5.75 Å². The molecule has 1 aromatic carbocycles. The van der Waals surface area contributed by atoms with Gasteiger partial charge in [-0.05, 0) is 17.7 Å². The molecule has 1 aromatic heterocycles. The average molecular weight is 259 g/mol. The van der Waals surface area contributed by atoms with Crippen LogP contribution >= 0.6 is 0 Å². The second-order valence-electron chi connectivity index (χ2n) is 3.94. The van der Waals surface area contributed by atoms with Gasteiger partial charge in [0.1, 0.15) is 17.8 Å². The van der Waals surface area contributed by atoms with Crippen molar-refractivity contribution in [2.45, 2.75) is 6.54 Å².